The van der Waals surface area contributed by atoms with E-state index in [1.807, 2.05) is 56.0 Å². The summed E-state index contributed by atoms with van der Waals surface area (Å²) in [5, 5.41) is 3.84. The Bertz CT molecular complexity index is 968. The lowest BCUT2D eigenvalue weighted by Crippen LogP contribution is -2.48. The first kappa shape index (κ1) is 19.9. The summed E-state index contributed by atoms with van der Waals surface area (Å²) < 4.78 is 10.6. The third kappa shape index (κ3) is 3.47. The van der Waals surface area contributed by atoms with Crippen molar-refractivity contribution in [3.8, 4) is 5.75 Å². The van der Waals surface area contributed by atoms with Crippen molar-refractivity contribution in [3.63, 3.8) is 0 Å². The van der Waals surface area contributed by atoms with Gasteiger partial charge >= 0.3 is 5.97 Å². The first-order valence-corrected chi connectivity index (χ1v) is 9.39. The van der Waals surface area contributed by atoms with Crippen LogP contribution in [0, 0.1) is 13.8 Å². The summed E-state index contributed by atoms with van der Waals surface area (Å²) in [4.78, 5) is 14.6. The van der Waals surface area contributed by atoms with Gasteiger partial charge in [-0.2, -0.15) is 0 Å². The number of nitrogens with one attached hydrogen (secondary N) is 1. The molecule has 0 saturated heterocycles. The molecule has 0 bridgehead atoms. The molecule has 2 aromatic carbocycles. The fourth-order valence-electron chi connectivity index (χ4n) is 3.53. The molecule has 146 valence electrons. The number of thiocarbonyl (C=S) groups is 1. The van der Waals surface area contributed by atoms with E-state index >= 15 is 0 Å². The van der Waals surface area contributed by atoms with Gasteiger partial charge < -0.3 is 14.8 Å². The van der Waals surface area contributed by atoms with Crippen molar-refractivity contribution in [1.29, 1.82) is 0 Å². The number of carbonyl (C=O) groups excluding carboxylic acids is 1. The number of para-hydroxylation sites is 2. The Morgan fingerprint density at radius 3 is 2.50 bits per heavy atom. The average Bonchev–Trinajstić information content (AvgIpc) is 2.69. The number of hydrogen-bond donors (Lipinski definition) is 1. The second kappa shape index (κ2) is 8.02. The van der Waals surface area contributed by atoms with Crippen LogP contribution in [0.15, 0.2) is 53.7 Å². The number of hydrogen-bond acceptors (Lipinski definition) is 4. The molecule has 0 saturated carbocycles. The SMILES string of the molecule is COC(=O)C1=C(C)N(c2ccccc2OC)C(=S)N[C@H]1c1cc(C)ccc1C. The lowest BCUT2D eigenvalue weighted by atomic mass is 9.90. The van der Waals surface area contributed by atoms with Crippen molar-refractivity contribution in [2.75, 3.05) is 19.1 Å². The molecular weight excluding hydrogens is 372 g/mol. The van der Waals surface area contributed by atoms with Crippen LogP contribution in [0.25, 0.3) is 0 Å². The molecule has 0 amide bonds. The Balaban J connectivity index is 2.21. The highest BCUT2D eigenvalue weighted by Gasteiger charge is 2.36. The number of anilines is 1. The minimum absolute atomic E-state index is 0.384. The Labute approximate surface area is 170 Å². The van der Waals surface area contributed by atoms with Crippen LogP contribution in [0.1, 0.15) is 29.7 Å². The minimum Gasteiger partial charge on any atom is -0.495 e. The Kier molecular flexibility index (Phi) is 5.70. The van der Waals surface area contributed by atoms with Crippen LogP contribution in [0.2, 0.25) is 0 Å². The highest BCUT2D eigenvalue weighted by atomic mass is 32.1. The first-order valence-electron chi connectivity index (χ1n) is 8.99. The number of ether oxygens (including phenoxy) is 2. The van der Waals surface area contributed by atoms with Crippen LogP contribution in [-0.2, 0) is 9.53 Å². The first-order chi connectivity index (χ1) is 13.4. The average molecular weight is 397 g/mol. The van der Waals surface area contributed by atoms with Gasteiger partial charge in [0.25, 0.3) is 0 Å². The second-order valence-corrected chi connectivity index (χ2v) is 7.13. The van der Waals surface area contributed by atoms with Crippen LogP contribution < -0.4 is 15.0 Å². The van der Waals surface area contributed by atoms with Crippen LogP contribution >= 0.6 is 12.2 Å². The van der Waals surface area contributed by atoms with E-state index in [4.69, 9.17) is 21.7 Å². The summed E-state index contributed by atoms with van der Waals surface area (Å²) in [5.41, 5.74) is 5.19. The Morgan fingerprint density at radius 2 is 1.82 bits per heavy atom. The van der Waals surface area contributed by atoms with E-state index in [-0.39, 0.29) is 6.04 Å². The molecule has 28 heavy (non-hydrogen) atoms. The molecular formula is C22H24N2O3S. The van der Waals surface area contributed by atoms with Gasteiger partial charge in [0.2, 0.25) is 0 Å². The fourth-order valence-corrected chi connectivity index (χ4v) is 3.88. The second-order valence-electron chi connectivity index (χ2n) is 6.74. The lowest BCUT2D eigenvalue weighted by Gasteiger charge is -2.38. The van der Waals surface area contributed by atoms with Gasteiger partial charge in [-0.15, -0.1) is 0 Å². The maximum absolute atomic E-state index is 12.8. The molecule has 0 unspecified atom stereocenters. The maximum Gasteiger partial charge on any atom is 0.337 e. The summed E-state index contributed by atoms with van der Waals surface area (Å²) in [5.74, 6) is 0.277. The van der Waals surface area contributed by atoms with Gasteiger partial charge in [-0.1, -0.05) is 35.9 Å². The van der Waals surface area contributed by atoms with E-state index in [2.05, 4.69) is 17.4 Å². The number of nitrogens with zero attached hydrogens (tertiary/aromatic N) is 1. The monoisotopic (exact) mass is 396 g/mol. The largest absolute Gasteiger partial charge is 0.495 e. The molecule has 1 atom stereocenters. The van der Waals surface area contributed by atoms with Gasteiger partial charge in [0, 0.05) is 5.70 Å². The van der Waals surface area contributed by atoms with Gasteiger partial charge in [-0.25, -0.2) is 4.79 Å². The Hall–Kier alpha value is -2.86. The molecule has 0 aromatic heterocycles. The van der Waals surface area contributed by atoms with Crippen molar-refractivity contribution in [3.05, 3.63) is 70.4 Å². The number of benzene rings is 2. The highest BCUT2D eigenvalue weighted by Crippen LogP contribution is 2.38. The van der Waals surface area contributed by atoms with Crippen LogP contribution in [0.3, 0.4) is 0 Å². The summed E-state index contributed by atoms with van der Waals surface area (Å²) in [7, 11) is 3.00. The van der Waals surface area contributed by atoms with E-state index in [1.165, 1.54) is 7.11 Å². The van der Waals surface area contributed by atoms with Crippen molar-refractivity contribution in [2.45, 2.75) is 26.8 Å². The number of methoxy groups -OCH3 is 2. The van der Waals surface area contributed by atoms with Gasteiger partial charge in [0.05, 0.1) is 31.5 Å². The zero-order chi connectivity index (χ0) is 20.4. The zero-order valence-corrected chi connectivity index (χ0v) is 17.5. The molecule has 1 heterocycles. The summed E-state index contributed by atoms with van der Waals surface area (Å²) in [6.07, 6.45) is 0. The predicted molar refractivity (Wildman–Crippen MR) is 115 cm³/mol. The van der Waals surface area contributed by atoms with Crippen molar-refractivity contribution in [1.82, 2.24) is 5.32 Å². The highest BCUT2D eigenvalue weighted by molar-refractivity contribution is 7.80. The predicted octanol–water partition coefficient (Wildman–Crippen LogP) is 4.19. The summed E-state index contributed by atoms with van der Waals surface area (Å²) in [6.45, 7) is 5.93. The van der Waals surface area contributed by atoms with Gasteiger partial charge in [0.1, 0.15) is 5.75 Å². The van der Waals surface area contributed by atoms with Crippen molar-refractivity contribution >= 4 is 29.0 Å². The zero-order valence-electron chi connectivity index (χ0n) is 16.7. The topological polar surface area (TPSA) is 50.8 Å². The molecule has 0 spiro atoms. The number of rotatable bonds is 4. The third-order valence-electron chi connectivity index (χ3n) is 4.96. The van der Waals surface area contributed by atoms with Crippen molar-refractivity contribution < 1.29 is 14.3 Å². The molecule has 2 aromatic rings. The normalized spacial score (nSPS) is 16.7. The molecule has 1 aliphatic heterocycles. The van der Waals surface area contributed by atoms with E-state index in [1.54, 1.807) is 7.11 Å². The molecule has 3 rings (SSSR count). The van der Waals surface area contributed by atoms with Gasteiger partial charge in [-0.05, 0) is 56.2 Å². The quantitative estimate of drug-likeness (QED) is 0.618. The fraction of sp³-hybridized carbons (Fsp3) is 0.273. The molecule has 0 radical (unpaired) electrons. The van der Waals surface area contributed by atoms with Crippen molar-refractivity contribution in [2.24, 2.45) is 0 Å². The van der Waals surface area contributed by atoms with Crippen LogP contribution in [0.5, 0.6) is 5.75 Å². The number of carbonyl (C=O) groups is 1. The molecule has 0 fully saturated rings. The summed E-state index contributed by atoms with van der Waals surface area (Å²) in [6, 6.07) is 13.4. The molecule has 1 aliphatic rings. The van der Waals surface area contributed by atoms with E-state index in [9.17, 15) is 4.79 Å². The van der Waals surface area contributed by atoms with E-state index < -0.39 is 5.97 Å². The van der Waals surface area contributed by atoms with Crippen LogP contribution in [0.4, 0.5) is 5.69 Å². The molecule has 1 N–H and O–H groups in total. The number of esters is 1. The standard InChI is InChI=1S/C22H24N2O3S/c1-13-10-11-14(2)16(12-13)20-19(21(25)27-5)15(3)24(22(28)23-20)17-8-6-7-9-18(17)26-4/h6-12,20H,1-5H3,(H,23,28)/t20-/m0/s1. The Morgan fingerprint density at radius 1 is 1.11 bits per heavy atom. The summed E-state index contributed by atoms with van der Waals surface area (Å²) >= 11 is 5.70. The minimum atomic E-state index is -0.390. The maximum atomic E-state index is 12.8. The van der Waals surface area contributed by atoms with E-state index in [0.29, 0.717) is 22.1 Å². The van der Waals surface area contributed by atoms with Gasteiger partial charge in [0.15, 0.2) is 5.11 Å². The van der Waals surface area contributed by atoms with E-state index in [0.717, 1.165) is 22.4 Å². The molecule has 5 nitrogen and oxygen atoms in total. The lowest BCUT2D eigenvalue weighted by molar-refractivity contribution is -0.136. The molecule has 0 aliphatic carbocycles. The number of allylic oxidation sites excluding steroid dienone is 1. The van der Waals surface area contributed by atoms with Crippen LogP contribution in [-0.4, -0.2) is 25.3 Å². The smallest absolute Gasteiger partial charge is 0.337 e. The number of aryl methyl sites for hydroxylation is 2. The molecule has 6 heteroatoms. The third-order valence-corrected chi connectivity index (χ3v) is 5.26. The van der Waals surface area contributed by atoms with Gasteiger partial charge in [-0.3, -0.25) is 4.90 Å².